The van der Waals surface area contributed by atoms with Gasteiger partial charge in [0.25, 0.3) is 0 Å². The SMILES string of the molecule is C=C/C=C(F)\C=C/OCC. The summed E-state index contributed by atoms with van der Waals surface area (Å²) in [5.74, 6) is -0.358. The molecule has 0 aromatic heterocycles. The van der Waals surface area contributed by atoms with Crippen LogP contribution in [0, 0.1) is 0 Å². The van der Waals surface area contributed by atoms with E-state index in [-0.39, 0.29) is 5.83 Å². The van der Waals surface area contributed by atoms with E-state index in [2.05, 4.69) is 6.58 Å². The molecule has 0 atom stereocenters. The highest BCUT2D eigenvalue weighted by molar-refractivity contribution is 5.14. The van der Waals surface area contributed by atoms with Crippen LogP contribution in [0.25, 0.3) is 0 Å². The van der Waals surface area contributed by atoms with Crippen LogP contribution in [-0.2, 0) is 4.74 Å². The normalized spacial score (nSPS) is 12.0. The Morgan fingerprint density at radius 3 is 2.90 bits per heavy atom. The summed E-state index contributed by atoms with van der Waals surface area (Å²) in [7, 11) is 0. The highest BCUT2D eigenvalue weighted by Crippen LogP contribution is 1.97. The standard InChI is InChI=1S/C8H11FO/c1-3-5-8(9)6-7-10-4-2/h3,5-7H,1,4H2,2H3/b7-6-,8-5+. The topological polar surface area (TPSA) is 9.23 Å². The summed E-state index contributed by atoms with van der Waals surface area (Å²) >= 11 is 0. The summed E-state index contributed by atoms with van der Waals surface area (Å²) in [6.07, 6.45) is 5.20. The van der Waals surface area contributed by atoms with E-state index in [9.17, 15) is 4.39 Å². The fourth-order valence-electron chi connectivity index (χ4n) is 0.377. The molecule has 0 bridgehead atoms. The minimum atomic E-state index is -0.358. The van der Waals surface area contributed by atoms with Gasteiger partial charge >= 0.3 is 0 Å². The van der Waals surface area contributed by atoms with Crippen LogP contribution in [-0.4, -0.2) is 6.61 Å². The van der Waals surface area contributed by atoms with Crippen LogP contribution >= 0.6 is 0 Å². The van der Waals surface area contributed by atoms with Crippen LogP contribution in [0.3, 0.4) is 0 Å². The third-order valence-electron chi connectivity index (χ3n) is 0.767. The van der Waals surface area contributed by atoms with Crippen LogP contribution in [0.15, 0.2) is 36.9 Å². The van der Waals surface area contributed by atoms with E-state index >= 15 is 0 Å². The molecule has 0 aliphatic carbocycles. The smallest absolute Gasteiger partial charge is 0.126 e. The molecule has 0 heterocycles. The quantitative estimate of drug-likeness (QED) is 0.433. The summed E-state index contributed by atoms with van der Waals surface area (Å²) < 4.78 is 17.1. The minimum absolute atomic E-state index is 0.358. The molecule has 0 spiro atoms. The lowest BCUT2D eigenvalue weighted by atomic mass is 10.4. The van der Waals surface area contributed by atoms with E-state index in [1.165, 1.54) is 24.5 Å². The Bertz CT molecular complexity index is 147. The van der Waals surface area contributed by atoms with E-state index in [4.69, 9.17) is 4.74 Å². The summed E-state index contributed by atoms with van der Waals surface area (Å²) in [6.45, 7) is 5.72. The van der Waals surface area contributed by atoms with Crippen LogP contribution in [0.4, 0.5) is 4.39 Å². The molecule has 0 aromatic rings. The maximum Gasteiger partial charge on any atom is 0.126 e. The first-order chi connectivity index (χ1) is 4.81. The summed E-state index contributed by atoms with van der Waals surface area (Å²) in [6, 6.07) is 0. The number of hydrogen-bond acceptors (Lipinski definition) is 1. The molecule has 0 saturated heterocycles. The molecule has 0 aliphatic rings. The number of allylic oxidation sites excluding steroid dienone is 4. The van der Waals surface area contributed by atoms with Gasteiger partial charge in [0.05, 0.1) is 12.9 Å². The predicted octanol–water partition coefficient (Wildman–Crippen LogP) is 2.58. The number of hydrogen-bond donors (Lipinski definition) is 0. The van der Waals surface area contributed by atoms with E-state index < -0.39 is 0 Å². The maximum absolute atomic E-state index is 12.3. The van der Waals surface area contributed by atoms with Gasteiger partial charge in [0, 0.05) is 6.08 Å². The third kappa shape index (κ3) is 5.09. The second-order valence-electron chi connectivity index (χ2n) is 1.55. The van der Waals surface area contributed by atoms with Gasteiger partial charge in [-0.3, -0.25) is 0 Å². The first-order valence-corrected chi connectivity index (χ1v) is 3.07. The van der Waals surface area contributed by atoms with E-state index in [0.717, 1.165) is 0 Å². The lowest BCUT2D eigenvalue weighted by molar-refractivity contribution is 0.268. The first kappa shape index (κ1) is 8.95. The molecule has 0 radical (unpaired) electrons. The van der Waals surface area contributed by atoms with E-state index in [1.54, 1.807) is 0 Å². The van der Waals surface area contributed by atoms with Gasteiger partial charge in [0.2, 0.25) is 0 Å². The molecular formula is C8H11FO. The molecule has 10 heavy (non-hydrogen) atoms. The maximum atomic E-state index is 12.3. The number of halogens is 1. The van der Waals surface area contributed by atoms with Gasteiger partial charge in [-0.1, -0.05) is 12.7 Å². The van der Waals surface area contributed by atoms with Gasteiger partial charge in [0.1, 0.15) is 5.83 Å². The van der Waals surface area contributed by atoms with Crippen molar-refractivity contribution < 1.29 is 9.13 Å². The lowest BCUT2D eigenvalue weighted by Crippen LogP contribution is -1.76. The highest BCUT2D eigenvalue weighted by atomic mass is 19.1. The Labute approximate surface area is 60.5 Å². The van der Waals surface area contributed by atoms with Crippen molar-refractivity contribution in [1.82, 2.24) is 0 Å². The molecule has 0 saturated carbocycles. The van der Waals surface area contributed by atoms with Crippen molar-refractivity contribution in [3.63, 3.8) is 0 Å². The van der Waals surface area contributed by atoms with Gasteiger partial charge in [-0.25, -0.2) is 4.39 Å². The molecule has 0 amide bonds. The predicted molar refractivity (Wildman–Crippen MR) is 40.2 cm³/mol. The minimum Gasteiger partial charge on any atom is -0.501 e. The van der Waals surface area contributed by atoms with Crippen molar-refractivity contribution in [2.24, 2.45) is 0 Å². The number of rotatable bonds is 4. The molecule has 2 heteroatoms. The van der Waals surface area contributed by atoms with E-state index in [0.29, 0.717) is 6.61 Å². The Kier molecular flexibility index (Phi) is 5.44. The van der Waals surface area contributed by atoms with Crippen molar-refractivity contribution in [1.29, 1.82) is 0 Å². The zero-order valence-corrected chi connectivity index (χ0v) is 6.01. The van der Waals surface area contributed by atoms with Gasteiger partial charge in [-0.05, 0) is 13.0 Å². The molecule has 0 unspecified atom stereocenters. The van der Waals surface area contributed by atoms with E-state index in [1.807, 2.05) is 6.92 Å². The van der Waals surface area contributed by atoms with Crippen molar-refractivity contribution in [3.8, 4) is 0 Å². The Balaban J connectivity index is 3.65. The average molecular weight is 142 g/mol. The Morgan fingerprint density at radius 1 is 1.70 bits per heavy atom. The second-order valence-corrected chi connectivity index (χ2v) is 1.55. The molecule has 0 aromatic carbocycles. The van der Waals surface area contributed by atoms with Crippen LogP contribution in [0.5, 0.6) is 0 Å². The summed E-state index contributed by atoms with van der Waals surface area (Å²) in [4.78, 5) is 0. The van der Waals surface area contributed by atoms with Crippen LogP contribution in [0.2, 0.25) is 0 Å². The van der Waals surface area contributed by atoms with Crippen molar-refractivity contribution >= 4 is 0 Å². The highest BCUT2D eigenvalue weighted by Gasteiger charge is 1.81. The molecule has 1 nitrogen and oxygen atoms in total. The fourth-order valence-corrected chi connectivity index (χ4v) is 0.377. The first-order valence-electron chi connectivity index (χ1n) is 3.07. The zero-order valence-electron chi connectivity index (χ0n) is 6.01. The van der Waals surface area contributed by atoms with Crippen LogP contribution < -0.4 is 0 Å². The van der Waals surface area contributed by atoms with Gasteiger partial charge in [0.15, 0.2) is 0 Å². The Morgan fingerprint density at radius 2 is 2.40 bits per heavy atom. The van der Waals surface area contributed by atoms with Crippen LogP contribution in [0.1, 0.15) is 6.92 Å². The molecule has 56 valence electrons. The largest absolute Gasteiger partial charge is 0.501 e. The summed E-state index contributed by atoms with van der Waals surface area (Å²) in [5, 5.41) is 0. The molecule has 0 N–H and O–H groups in total. The van der Waals surface area contributed by atoms with Gasteiger partial charge < -0.3 is 4.74 Å². The average Bonchev–Trinajstić information content (AvgIpc) is 1.89. The molecular weight excluding hydrogens is 131 g/mol. The van der Waals surface area contributed by atoms with Crippen molar-refractivity contribution in [2.45, 2.75) is 6.92 Å². The van der Waals surface area contributed by atoms with Crippen molar-refractivity contribution in [3.05, 3.63) is 36.9 Å². The van der Waals surface area contributed by atoms with Crippen molar-refractivity contribution in [2.75, 3.05) is 6.61 Å². The molecule has 0 rings (SSSR count). The molecule has 0 fully saturated rings. The zero-order chi connectivity index (χ0) is 7.82. The molecule has 0 aliphatic heterocycles. The fraction of sp³-hybridized carbons (Fsp3) is 0.250. The third-order valence-corrected chi connectivity index (χ3v) is 0.767. The monoisotopic (exact) mass is 142 g/mol. The second kappa shape index (κ2) is 6.08. The lowest BCUT2D eigenvalue weighted by Gasteiger charge is -1.89. The van der Waals surface area contributed by atoms with Gasteiger partial charge in [-0.2, -0.15) is 0 Å². The number of ether oxygens (including phenoxy) is 1. The summed E-state index contributed by atoms with van der Waals surface area (Å²) in [5.41, 5.74) is 0. The van der Waals surface area contributed by atoms with Gasteiger partial charge in [-0.15, -0.1) is 0 Å². The Hall–Kier alpha value is -1.05.